The number of aryl methyl sites for hydroxylation is 3. The van der Waals surface area contributed by atoms with Crippen LogP contribution >= 0.6 is 0 Å². The largest absolute Gasteiger partial charge is 0.493 e. The number of pyridine rings is 3. The van der Waals surface area contributed by atoms with Crippen LogP contribution in [0.1, 0.15) is 162 Å². The fraction of sp³-hybridized carbons (Fsp3) is 0.311. The number of sulfone groups is 1. The van der Waals surface area contributed by atoms with E-state index in [9.17, 15) is 27.6 Å². The van der Waals surface area contributed by atoms with Gasteiger partial charge in [-0.2, -0.15) is 0 Å². The number of primary amides is 1. The lowest BCUT2D eigenvalue weighted by atomic mass is 9.84. The second kappa shape index (κ2) is 29.1. The molecule has 108 heavy (non-hydrogen) atoms. The standard InChI is InChI=1S/C30H30N2O4.C30H28N2O3.C30H31NO5S/c1-16-14-20-15-19(29(31)34)6-7-21(20)26(24(16)28(17(2)33)36-30(3,4)5)22-8-9-23-25-18(11-13-35-23)10-12-32-27(22)25;1-17-15-20-16-21(31-6)7-8-22(20)27(25(17)29(18(2)33)35-30(3,4)5)23-9-10-24-26-19(12-14-34-24)11-13-32-28(23)26;1-17-15-20-16-21(37(6,33)34)7-8-22(20)27(25(17)29(18(2)32)36-30(3,4)5)23-9-10-24-26-19(12-14-35-24)11-13-31-28(23)26/h6-10,12,14-15,28H,11,13H2,1-5H3,(H2,31,34);7-11,13,15-16,29H,12,14H2,1-5H3;7-11,13,15-16,29H,12,14H2,1-6H3/t28-;2*29-/m111/s1. The van der Waals surface area contributed by atoms with Crippen LogP contribution < -0.4 is 19.9 Å². The Morgan fingerprint density at radius 1 is 0.463 bits per heavy atom. The van der Waals surface area contributed by atoms with Crippen LogP contribution in [0.3, 0.4) is 0 Å². The number of ether oxygens (including phenoxy) is 6. The predicted octanol–water partition coefficient (Wildman–Crippen LogP) is 19.3. The summed E-state index contributed by atoms with van der Waals surface area (Å²) in [6, 6.07) is 40.3. The maximum atomic E-state index is 13.1. The Morgan fingerprint density at radius 3 is 1.12 bits per heavy atom. The Labute approximate surface area is 629 Å². The van der Waals surface area contributed by atoms with Crippen molar-refractivity contribution in [3.05, 3.63) is 213 Å². The SMILES string of the molecule is CC(=O)[C@@H](OC(C)(C)C)c1c(C)cc2cc(C(N)=O)ccc2c1-c1ccc2c3c(ccnc13)CCO2.CC(=O)[C@@H](OC(C)(C)C)c1c(C)cc2cc(S(C)(=O)=O)ccc2c1-c1ccc2c3c(ccnc13)CCO2.[C-]#[N+]c1ccc2c(-c3ccc4c5c(ccnc35)CCO4)c([C@H](OC(C)(C)C)C(C)=O)c(C)cc2c1. The van der Waals surface area contributed by atoms with E-state index in [-0.39, 0.29) is 22.2 Å². The molecule has 552 valence electrons. The molecule has 3 aromatic heterocycles. The highest BCUT2D eigenvalue weighted by atomic mass is 32.2. The number of carbonyl (C=O) groups is 4. The first-order valence-electron chi connectivity index (χ1n) is 36.3. The lowest BCUT2D eigenvalue weighted by Crippen LogP contribution is -2.27. The van der Waals surface area contributed by atoms with E-state index in [2.05, 4.69) is 10.9 Å². The topological polar surface area (TPSA) is 227 Å². The zero-order valence-corrected chi connectivity index (χ0v) is 64.8. The van der Waals surface area contributed by atoms with Crippen LogP contribution in [0.4, 0.5) is 5.69 Å². The first kappa shape index (κ1) is 75.4. The van der Waals surface area contributed by atoms with Gasteiger partial charge in [0, 0.05) is 82.5 Å². The minimum absolute atomic E-state index is 0.0552. The molecule has 9 aromatic carbocycles. The van der Waals surface area contributed by atoms with Gasteiger partial charge in [-0.3, -0.25) is 34.1 Å². The van der Waals surface area contributed by atoms with Crippen molar-refractivity contribution in [1.82, 2.24) is 15.0 Å². The Kier molecular flexibility index (Phi) is 20.3. The molecule has 0 radical (unpaired) electrons. The molecule has 6 heterocycles. The van der Waals surface area contributed by atoms with Crippen molar-refractivity contribution in [1.29, 1.82) is 0 Å². The highest BCUT2D eigenvalue weighted by Crippen LogP contribution is 2.50. The summed E-state index contributed by atoms with van der Waals surface area (Å²) >= 11 is 0. The number of ketones is 3. The van der Waals surface area contributed by atoms with E-state index in [0.29, 0.717) is 31.1 Å². The van der Waals surface area contributed by atoms with Crippen molar-refractivity contribution in [3.63, 3.8) is 0 Å². The number of nitrogens with zero attached hydrogens (tertiary/aromatic N) is 4. The number of nitrogens with two attached hydrogens (primary N) is 1. The van der Waals surface area contributed by atoms with Crippen LogP contribution in [0.5, 0.6) is 17.2 Å². The van der Waals surface area contributed by atoms with Crippen molar-refractivity contribution >= 4 is 104 Å². The molecule has 15 rings (SSSR count). The van der Waals surface area contributed by atoms with Crippen LogP contribution in [0.15, 0.2) is 151 Å². The van der Waals surface area contributed by atoms with E-state index in [0.717, 1.165) is 168 Å². The van der Waals surface area contributed by atoms with E-state index < -0.39 is 50.9 Å². The van der Waals surface area contributed by atoms with Crippen molar-refractivity contribution in [2.45, 2.75) is 163 Å². The second-order valence-electron chi connectivity index (χ2n) is 31.3. The lowest BCUT2D eigenvalue weighted by Gasteiger charge is -2.30. The van der Waals surface area contributed by atoms with E-state index >= 15 is 0 Å². The average Bonchev–Trinajstić information content (AvgIpc) is 0.742. The Hall–Kier alpha value is -10.8. The van der Waals surface area contributed by atoms with Crippen molar-refractivity contribution in [3.8, 4) is 50.6 Å². The number of amides is 1. The summed E-state index contributed by atoms with van der Waals surface area (Å²) in [6.45, 7) is 37.5. The van der Waals surface area contributed by atoms with Crippen molar-refractivity contribution in [2.75, 3.05) is 26.1 Å². The van der Waals surface area contributed by atoms with Gasteiger partial charge in [-0.25, -0.2) is 13.3 Å². The van der Waals surface area contributed by atoms with Crippen LogP contribution in [0, 0.1) is 27.3 Å². The molecule has 17 nitrogen and oxygen atoms in total. The monoisotopic (exact) mass is 1460 g/mol. The third kappa shape index (κ3) is 14.9. The fourth-order valence-corrected chi connectivity index (χ4v) is 16.1. The van der Waals surface area contributed by atoms with Crippen LogP contribution in [0.2, 0.25) is 0 Å². The number of hydrogen-bond acceptors (Lipinski definition) is 15. The van der Waals surface area contributed by atoms with Crippen LogP contribution in [0.25, 0.3) is 103 Å². The van der Waals surface area contributed by atoms with Crippen LogP contribution in [-0.4, -0.2) is 89.5 Å². The number of rotatable bonds is 14. The molecule has 0 spiro atoms. The molecule has 0 saturated carbocycles. The molecular formula is C90H89N5O12S. The van der Waals surface area contributed by atoms with E-state index in [1.807, 2.05) is 199 Å². The van der Waals surface area contributed by atoms with Gasteiger partial charge in [0.2, 0.25) is 5.91 Å². The highest BCUT2D eigenvalue weighted by Gasteiger charge is 2.36. The third-order valence-corrected chi connectivity index (χ3v) is 20.9. The Bertz CT molecular complexity index is 5890. The summed E-state index contributed by atoms with van der Waals surface area (Å²) < 4.78 is 61.6. The quantitative estimate of drug-likeness (QED) is 0.0999. The van der Waals surface area contributed by atoms with Gasteiger partial charge in [-0.05, 0) is 288 Å². The summed E-state index contributed by atoms with van der Waals surface area (Å²) in [6.07, 6.45) is 6.79. The zero-order chi connectivity index (χ0) is 77.4. The lowest BCUT2D eigenvalue weighted by molar-refractivity contribution is -0.139. The van der Waals surface area contributed by atoms with Gasteiger partial charge >= 0.3 is 0 Å². The van der Waals surface area contributed by atoms with Gasteiger partial charge in [0.05, 0.1) is 64.6 Å². The minimum atomic E-state index is -3.40. The summed E-state index contributed by atoms with van der Waals surface area (Å²) in [7, 11) is -3.40. The molecule has 2 N–H and O–H groups in total. The van der Waals surface area contributed by atoms with Gasteiger partial charge in [0.25, 0.3) is 0 Å². The smallest absolute Gasteiger partial charge is 0.248 e. The van der Waals surface area contributed by atoms with Gasteiger partial charge in [-0.1, -0.05) is 42.5 Å². The summed E-state index contributed by atoms with van der Waals surface area (Å²) in [5.74, 6) is 1.71. The summed E-state index contributed by atoms with van der Waals surface area (Å²) in [5.41, 5.74) is 21.3. The molecule has 3 aliphatic heterocycles. The summed E-state index contributed by atoms with van der Waals surface area (Å²) in [5, 5.41) is 8.24. The molecule has 0 bridgehead atoms. The van der Waals surface area contributed by atoms with Gasteiger partial charge in [-0.15, -0.1) is 0 Å². The first-order valence-corrected chi connectivity index (χ1v) is 38.2. The average molecular weight is 1460 g/mol. The van der Waals surface area contributed by atoms with E-state index in [1.165, 1.54) is 22.9 Å². The minimum Gasteiger partial charge on any atom is -0.493 e. The van der Waals surface area contributed by atoms with Crippen LogP contribution in [-0.2, 0) is 57.7 Å². The molecule has 0 saturated heterocycles. The first-order chi connectivity index (χ1) is 51.1. The molecule has 3 atom stereocenters. The number of carbonyl (C=O) groups excluding carboxylic acids is 4. The molecule has 12 aromatic rings. The van der Waals surface area contributed by atoms with E-state index in [1.54, 1.807) is 45.0 Å². The molecule has 0 fully saturated rings. The van der Waals surface area contributed by atoms with Crippen molar-refractivity contribution in [2.24, 2.45) is 5.73 Å². The number of hydrogen-bond donors (Lipinski definition) is 1. The third-order valence-electron chi connectivity index (χ3n) is 19.8. The van der Waals surface area contributed by atoms with E-state index in [4.69, 9.17) is 55.7 Å². The molecular weight excluding hydrogens is 1380 g/mol. The molecule has 1 amide bonds. The summed E-state index contributed by atoms with van der Waals surface area (Å²) in [4.78, 5) is 69.3. The maximum absolute atomic E-state index is 13.1. The second-order valence-corrected chi connectivity index (χ2v) is 33.3. The number of Topliss-reactive ketones (excluding diaryl/α,β-unsaturated/α-hetero) is 3. The van der Waals surface area contributed by atoms with Gasteiger partial charge in [0.15, 0.2) is 32.9 Å². The Morgan fingerprint density at radius 2 is 0.796 bits per heavy atom. The van der Waals surface area contributed by atoms with Gasteiger partial charge < -0.3 is 34.2 Å². The molecule has 0 unspecified atom stereocenters. The van der Waals surface area contributed by atoms with Crippen molar-refractivity contribution < 1.29 is 56.0 Å². The fourth-order valence-electron chi connectivity index (χ4n) is 15.4. The maximum Gasteiger partial charge on any atom is 0.248 e. The highest BCUT2D eigenvalue weighted by molar-refractivity contribution is 7.90. The van der Waals surface area contributed by atoms with Gasteiger partial charge in [0.1, 0.15) is 35.6 Å². The molecule has 18 heteroatoms. The number of benzene rings is 9. The predicted molar refractivity (Wildman–Crippen MR) is 427 cm³/mol. The zero-order valence-electron chi connectivity index (χ0n) is 64.0. The Balaban J connectivity index is 0.000000143. The number of fused-ring (bicyclic) bond motifs is 3. The molecule has 3 aliphatic rings. The molecule has 0 aliphatic carbocycles. The normalized spacial score (nSPS) is 14.2. The number of aromatic nitrogens is 3.